The van der Waals surface area contributed by atoms with Gasteiger partial charge in [0.15, 0.2) is 11.5 Å². The molecule has 7 heteroatoms. The van der Waals surface area contributed by atoms with E-state index in [-0.39, 0.29) is 0 Å². The molecule has 1 aliphatic rings. The second-order valence-corrected chi connectivity index (χ2v) is 5.03. The van der Waals surface area contributed by atoms with Gasteiger partial charge in [-0.1, -0.05) is 0 Å². The van der Waals surface area contributed by atoms with Crippen LogP contribution in [0, 0.1) is 0 Å². The monoisotopic (exact) mass is 310 g/mol. The highest BCUT2D eigenvalue weighted by molar-refractivity contribution is 5.79. The molecule has 0 saturated carbocycles. The molecule has 2 rings (SSSR count). The summed E-state index contributed by atoms with van der Waals surface area (Å²) in [5.41, 5.74) is 6.30. The third-order valence-corrected chi connectivity index (χ3v) is 3.60. The number of carbonyl (C=O) groups is 1. The maximum Gasteiger partial charge on any atom is 0.247 e. The SMILES string of the molecule is COc1cc(CN2CCOC(C(N)=O)C2)cc(OC)c1OC. The standard InChI is InChI=1S/C15H22N2O5/c1-19-11-6-10(7-12(20-2)14(11)21-3)8-17-4-5-22-13(9-17)15(16)18/h6-7,13H,4-5,8-9H2,1-3H3,(H2,16,18). The lowest BCUT2D eigenvalue weighted by atomic mass is 10.1. The number of morpholine rings is 1. The molecule has 1 heterocycles. The first kappa shape index (κ1) is 16.4. The molecule has 1 atom stereocenters. The average molecular weight is 310 g/mol. The third-order valence-electron chi connectivity index (χ3n) is 3.60. The van der Waals surface area contributed by atoms with Gasteiger partial charge in [0.2, 0.25) is 11.7 Å². The Balaban J connectivity index is 2.17. The van der Waals surface area contributed by atoms with E-state index in [4.69, 9.17) is 24.7 Å². The minimum absolute atomic E-state index is 0.436. The fourth-order valence-electron chi connectivity index (χ4n) is 2.50. The van der Waals surface area contributed by atoms with Crippen LogP contribution in [0.25, 0.3) is 0 Å². The lowest BCUT2D eigenvalue weighted by Crippen LogP contribution is -2.47. The largest absolute Gasteiger partial charge is 0.493 e. The summed E-state index contributed by atoms with van der Waals surface area (Å²) in [6.45, 7) is 2.34. The highest BCUT2D eigenvalue weighted by atomic mass is 16.5. The molecule has 7 nitrogen and oxygen atoms in total. The Morgan fingerprint density at radius 3 is 2.41 bits per heavy atom. The van der Waals surface area contributed by atoms with E-state index in [2.05, 4.69) is 4.90 Å². The maximum absolute atomic E-state index is 11.3. The molecule has 0 aromatic heterocycles. The zero-order valence-electron chi connectivity index (χ0n) is 13.1. The van der Waals surface area contributed by atoms with Crippen molar-refractivity contribution in [3.05, 3.63) is 17.7 Å². The smallest absolute Gasteiger partial charge is 0.247 e. The number of hydrogen-bond donors (Lipinski definition) is 1. The second-order valence-electron chi connectivity index (χ2n) is 5.03. The Bertz CT molecular complexity index is 510. The minimum Gasteiger partial charge on any atom is -0.493 e. The summed E-state index contributed by atoms with van der Waals surface area (Å²) < 4.78 is 21.3. The van der Waals surface area contributed by atoms with Crippen molar-refractivity contribution in [3.63, 3.8) is 0 Å². The molecule has 2 N–H and O–H groups in total. The topological polar surface area (TPSA) is 83.2 Å². The predicted molar refractivity (Wildman–Crippen MR) is 80.3 cm³/mol. The maximum atomic E-state index is 11.3. The van der Waals surface area contributed by atoms with Crippen LogP contribution < -0.4 is 19.9 Å². The number of hydrogen-bond acceptors (Lipinski definition) is 6. The second kappa shape index (κ2) is 7.33. The third kappa shape index (κ3) is 3.61. The lowest BCUT2D eigenvalue weighted by molar-refractivity contribution is -0.135. The average Bonchev–Trinajstić information content (AvgIpc) is 2.54. The summed E-state index contributed by atoms with van der Waals surface area (Å²) in [6, 6.07) is 3.80. The number of methoxy groups -OCH3 is 3. The van der Waals surface area contributed by atoms with E-state index >= 15 is 0 Å². The summed E-state index contributed by atoms with van der Waals surface area (Å²) in [5.74, 6) is 1.34. The number of nitrogens with zero attached hydrogens (tertiary/aromatic N) is 1. The molecule has 0 aliphatic carbocycles. The van der Waals surface area contributed by atoms with E-state index < -0.39 is 12.0 Å². The van der Waals surface area contributed by atoms with Crippen LogP contribution in [0.5, 0.6) is 17.2 Å². The van der Waals surface area contributed by atoms with Crippen molar-refractivity contribution in [2.45, 2.75) is 12.6 Å². The molecule has 1 amide bonds. The van der Waals surface area contributed by atoms with Gasteiger partial charge in [0.25, 0.3) is 0 Å². The molecule has 1 aromatic rings. The number of rotatable bonds is 6. The quantitative estimate of drug-likeness (QED) is 0.819. The van der Waals surface area contributed by atoms with Gasteiger partial charge >= 0.3 is 0 Å². The Morgan fingerprint density at radius 2 is 1.91 bits per heavy atom. The van der Waals surface area contributed by atoms with Gasteiger partial charge in [0.05, 0.1) is 27.9 Å². The van der Waals surface area contributed by atoms with E-state index in [0.717, 1.165) is 12.1 Å². The van der Waals surface area contributed by atoms with Gasteiger partial charge < -0.3 is 24.7 Å². The molecule has 0 spiro atoms. The van der Waals surface area contributed by atoms with Crippen molar-refractivity contribution < 1.29 is 23.7 Å². The summed E-state index contributed by atoms with van der Waals surface area (Å²) in [6.07, 6.45) is -0.559. The predicted octanol–water partition coefficient (Wildman–Crippen LogP) is 0.399. The normalized spacial score (nSPS) is 18.8. The summed E-state index contributed by atoms with van der Waals surface area (Å²) in [4.78, 5) is 13.4. The molecule has 22 heavy (non-hydrogen) atoms. The minimum atomic E-state index is -0.559. The van der Waals surface area contributed by atoms with Gasteiger partial charge in [-0.05, 0) is 17.7 Å². The molecule has 1 unspecified atom stereocenters. The molecule has 122 valence electrons. The van der Waals surface area contributed by atoms with Gasteiger partial charge in [-0.3, -0.25) is 9.69 Å². The van der Waals surface area contributed by atoms with Crippen LogP contribution in [-0.4, -0.2) is 57.9 Å². The van der Waals surface area contributed by atoms with Crippen LogP contribution >= 0.6 is 0 Å². The highest BCUT2D eigenvalue weighted by Crippen LogP contribution is 2.38. The summed E-state index contributed by atoms with van der Waals surface area (Å²) >= 11 is 0. The van der Waals surface area contributed by atoms with Crippen LogP contribution in [0.3, 0.4) is 0 Å². The van der Waals surface area contributed by atoms with Crippen LogP contribution in [0.4, 0.5) is 0 Å². The molecule has 1 aromatic carbocycles. The van der Waals surface area contributed by atoms with Crippen molar-refractivity contribution in [2.75, 3.05) is 41.0 Å². The Labute approximate surface area is 129 Å². The molecule has 1 fully saturated rings. The van der Waals surface area contributed by atoms with Crippen molar-refractivity contribution in [2.24, 2.45) is 5.73 Å². The van der Waals surface area contributed by atoms with Gasteiger partial charge in [0, 0.05) is 19.6 Å². The number of benzene rings is 1. The number of nitrogens with two attached hydrogens (primary N) is 1. The van der Waals surface area contributed by atoms with Crippen molar-refractivity contribution in [1.29, 1.82) is 0 Å². The van der Waals surface area contributed by atoms with Crippen LogP contribution in [0.1, 0.15) is 5.56 Å². The van der Waals surface area contributed by atoms with Crippen LogP contribution in [-0.2, 0) is 16.1 Å². The van der Waals surface area contributed by atoms with Crippen molar-refractivity contribution in [3.8, 4) is 17.2 Å². The zero-order valence-corrected chi connectivity index (χ0v) is 13.1. The van der Waals surface area contributed by atoms with E-state index in [9.17, 15) is 4.79 Å². The summed E-state index contributed by atoms with van der Waals surface area (Å²) in [7, 11) is 4.73. The molecule has 1 aliphatic heterocycles. The van der Waals surface area contributed by atoms with Gasteiger partial charge in [0.1, 0.15) is 6.10 Å². The highest BCUT2D eigenvalue weighted by Gasteiger charge is 2.25. The number of carbonyl (C=O) groups excluding carboxylic acids is 1. The molecule has 1 saturated heterocycles. The zero-order chi connectivity index (χ0) is 16.1. The fourth-order valence-corrected chi connectivity index (χ4v) is 2.50. The number of ether oxygens (including phenoxy) is 4. The fraction of sp³-hybridized carbons (Fsp3) is 0.533. The lowest BCUT2D eigenvalue weighted by Gasteiger charge is -2.31. The van der Waals surface area contributed by atoms with Crippen LogP contribution in [0.2, 0.25) is 0 Å². The Morgan fingerprint density at radius 1 is 1.27 bits per heavy atom. The number of amides is 1. The van der Waals surface area contributed by atoms with Crippen LogP contribution in [0.15, 0.2) is 12.1 Å². The van der Waals surface area contributed by atoms with Crippen molar-refractivity contribution >= 4 is 5.91 Å². The molecule has 0 radical (unpaired) electrons. The first-order valence-corrected chi connectivity index (χ1v) is 7.01. The summed E-state index contributed by atoms with van der Waals surface area (Å²) in [5, 5.41) is 0. The molecule has 0 bridgehead atoms. The van der Waals surface area contributed by atoms with Gasteiger partial charge in [-0.25, -0.2) is 0 Å². The Kier molecular flexibility index (Phi) is 5.46. The van der Waals surface area contributed by atoms with Gasteiger partial charge in [-0.2, -0.15) is 0 Å². The first-order valence-electron chi connectivity index (χ1n) is 7.01. The van der Waals surface area contributed by atoms with E-state index in [1.165, 1.54) is 0 Å². The molecular weight excluding hydrogens is 288 g/mol. The molecular formula is C15H22N2O5. The number of primary amides is 1. The van der Waals surface area contributed by atoms with Crippen molar-refractivity contribution in [1.82, 2.24) is 4.90 Å². The van der Waals surface area contributed by atoms with Gasteiger partial charge in [-0.15, -0.1) is 0 Å². The van der Waals surface area contributed by atoms with E-state index in [1.54, 1.807) is 21.3 Å². The van der Waals surface area contributed by atoms with E-state index in [0.29, 0.717) is 36.9 Å². The van der Waals surface area contributed by atoms with E-state index in [1.807, 2.05) is 12.1 Å². The Hall–Kier alpha value is -1.99. The first-order chi connectivity index (χ1) is 10.6.